The van der Waals surface area contributed by atoms with Gasteiger partial charge in [-0.2, -0.15) is 0 Å². The minimum atomic E-state index is -5.34. The van der Waals surface area contributed by atoms with E-state index in [-0.39, 0.29) is 5.56 Å². The number of benzene rings is 4. The molecule has 0 aliphatic heterocycles. The van der Waals surface area contributed by atoms with E-state index < -0.39 is 46.5 Å². The Labute approximate surface area is 209 Å². The Morgan fingerprint density at radius 2 is 1.22 bits per heavy atom. The van der Waals surface area contributed by atoms with Crippen molar-refractivity contribution in [2.24, 2.45) is 0 Å². The summed E-state index contributed by atoms with van der Waals surface area (Å²) in [4.78, 5) is 0. The molecule has 1 nitrogen and oxygen atoms in total. The van der Waals surface area contributed by atoms with Crippen LogP contribution in [0, 0.1) is 23.3 Å². The molecule has 0 saturated heterocycles. The van der Waals surface area contributed by atoms with Crippen LogP contribution in [0.4, 0.5) is 30.7 Å². The van der Waals surface area contributed by atoms with Gasteiger partial charge in [0.2, 0.25) is 5.75 Å². The first kappa shape index (κ1) is 26.5. The minimum absolute atomic E-state index is 0.197. The highest BCUT2D eigenvalue weighted by atomic mass is 19.4. The largest absolute Gasteiger partial charge is 0.573 e. The van der Waals surface area contributed by atoms with E-state index in [4.69, 9.17) is 0 Å². The van der Waals surface area contributed by atoms with Gasteiger partial charge < -0.3 is 4.74 Å². The molecule has 0 unspecified atom stereocenters. The highest BCUT2D eigenvalue weighted by molar-refractivity contribution is 5.88. The third-order valence-corrected chi connectivity index (χ3v) is 6.10. The second-order valence-electron chi connectivity index (χ2n) is 8.84. The number of aryl methyl sites for hydroxylation is 1. The molecule has 194 valence electrons. The summed E-state index contributed by atoms with van der Waals surface area (Å²) >= 11 is 0. The number of halogens is 7. The molecule has 0 heterocycles. The molecule has 8 heteroatoms. The SMILES string of the molecule is CCCCCCc1ccc2cc(-c3cc(F)c(-c4cc(F)c(OC(F)(F)F)c(F)c4)c(F)c3)ccc2c1. The van der Waals surface area contributed by atoms with Crippen LogP contribution in [0.25, 0.3) is 33.0 Å². The van der Waals surface area contributed by atoms with Gasteiger partial charge in [0.05, 0.1) is 5.56 Å². The Morgan fingerprint density at radius 1 is 0.622 bits per heavy atom. The van der Waals surface area contributed by atoms with Crippen LogP contribution in [0.5, 0.6) is 5.75 Å². The first-order valence-electron chi connectivity index (χ1n) is 11.8. The normalized spacial score (nSPS) is 11.8. The molecule has 0 fully saturated rings. The van der Waals surface area contributed by atoms with Crippen molar-refractivity contribution >= 4 is 10.8 Å². The molecule has 37 heavy (non-hydrogen) atoms. The maximum atomic E-state index is 15.0. The maximum absolute atomic E-state index is 15.0. The number of hydrogen-bond acceptors (Lipinski definition) is 1. The van der Waals surface area contributed by atoms with E-state index in [1.807, 2.05) is 18.2 Å². The molecule has 0 radical (unpaired) electrons. The van der Waals surface area contributed by atoms with Gasteiger partial charge in [0, 0.05) is 0 Å². The number of fused-ring (bicyclic) bond motifs is 1. The summed E-state index contributed by atoms with van der Waals surface area (Å²) in [5, 5.41) is 1.87. The Hall–Kier alpha value is -3.55. The van der Waals surface area contributed by atoms with Crippen molar-refractivity contribution in [2.75, 3.05) is 0 Å². The lowest BCUT2D eigenvalue weighted by molar-refractivity contribution is -0.276. The summed E-state index contributed by atoms with van der Waals surface area (Å²) in [6.45, 7) is 2.16. The van der Waals surface area contributed by atoms with Gasteiger partial charge in [-0.25, -0.2) is 17.6 Å². The van der Waals surface area contributed by atoms with Crippen molar-refractivity contribution < 1.29 is 35.5 Å². The topological polar surface area (TPSA) is 9.23 Å². The average Bonchev–Trinajstić information content (AvgIpc) is 2.83. The molecule has 4 aromatic rings. The van der Waals surface area contributed by atoms with Crippen LogP contribution in [0.15, 0.2) is 60.7 Å². The predicted octanol–water partition coefficient (Wildman–Crippen LogP) is 9.75. The standard InChI is InChI=1S/C29H23F7O/c1-2-3-4-5-6-17-7-8-19-12-20(10-9-18(19)11-17)21-13-23(30)27(24(31)14-21)22-15-25(32)28(26(33)16-22)37-29(34,35)36/h7-16H,2-6H2,1H3. The highest BCUT2D eigenvalue weighted by Crippen LogP contribution is 2.36. The Morgan fingerprint density at radius 3 is 1.84 bits per heavy atom. The van der Waals surface area contributed by atoms with E-state index in [1.165, 1.54) is 24.8 Å². The van der Waals surface area contributed by atoms with Crippen LogP contribution in [0.2, 0.25) is 0 Å². The number of alkyl halides is 3. The van der Waals surface area contributed by atoms with E-state index in [0.717, 1.165) is 35.7 Å². The number of rotatable bonds is 8. The third-order valence-electron chi connectivity index (χ3n) is 6.10. The third kappa shape index (κ3) is 6.24. The Balaban J connectivity index is 1.63. The zero-order valence-corrected chi connectivity index (χ0v) is 19.9. The van der Waals surface area contributed by atoms with Gasteiger partial charge in [0.1, 0.15) is 11.6 Å². The lowest BCUT2D eigenvalue weighted by Crippen LogP contribution is -2.19. The molecule has 0 aliphatic carbocycles. The monoisotopic (exact) mass is 520 g/mol. The van der Waals surface area contributed by atoms with Crippen molar-refractivity contribution in [1.29, 1.82) is 0 Å². The summed E-state index contributed by atoms with van der Waals surface area (Å²) < 4.78 is 98.6. The maximum Gasteiger partial charge on any atom is 0.573 e. The summed E-state index contributed by atoms with van der Waals surface area (Å²) in [5.74, 6) is -7.43. The van der Waals surface area contributed by atoms with E-state index in [0.29, 0.717) is 17.7 Å². The smallest absolute Gasteiger partial charge is 0.399 e. The number of unbranched alkanes of at least 4 members (excludes halogenated alkanes) is 3. The van der Waals surface area contributed by atoms with Gasteiger partial charge in [0.15, 0.2) is 11.6 Å². The molecule has 0 N–H and O–H groups in total. The molecule has 0 atom stereocenters. The lowest BCUT2D eigenvalue weighted by Gasteiger charge is -2.13. The van der Waals surface area contributed by atoms with Crippen LogP contribution in [0.1, 0.15) is 38.2 Å². The number of ether oxygens (including phenoxy) is 1. The lowest BCUT2D eigenvalue weighted by atomic mass is 9.96. The molecule has 0 bridgehead atoms. The van der Waals surface area contributed by atoms with Crippen molar-refractivity contribution in [3.63, 3.8) is 0 Å². The summed E-state index contributed by atoms with van der Waals surface area (Å²) in [7, 11) is 0. The zero-order chi connectivity index (χ0) is 26.7. The summed E-state index contributed by atoms with van der Waals surface area (Å²) in [5.41, 5.74) is 0.565. The van der Waals surface area contributed by atoms with Crippen LogP contribution >= 0.6 is 0 Å². The first-order chi connectivity index (χ1) is 17.6. The minimum Gasteiger partial charge on any atom is -0.399 e. The van der Waals surface area contributed by atoms with Gasteiger partial charge >= 0.3 is 6.36 Å². The highest BCUT2D eigenvalue weighted by Gasteiger charge is 2.34. The Bertz CT molecular complexity index is 1380. The molecule has 4 aromatic carbocycles. The van der Waals surface area contributed by atoms with Crippen molar-refractivity contribution in [3.05, 3.63) is 89.5 Å². The molecular weight excluding hydrogens is 497 g/mol. The van der Waals surface area contributed by atoms with Crippen LogP contribution in [-0.2, 0) is 6.42 Å². The van der Waals surface area contributed by atoms with E-state index >= 15 is 0 Å². The predicted molar refractivity (Wildman–Crippen MR) is 129 cm³/mol. The van der Waals surface area contributed by atoms with E-state index in [1.54, 1.807) is 12.1 Å². The summed E-state index contributed by atoms with van der Waals surface area (Å²) in [6.07, 6.45) is 0.279. The van der Waals surface area contributed by atoms with Gasteiger partial charge in [-0.3, -0.25) is 0 Å². The fourth-order valence-electron chi connectivity index (χ4n) is 4.32. The number of hydrogen-bond donors (Lipinski definition) is 0. The molecule has 0 amide bonds. The van der Waals surface area contributed by atoms with Gasteiger partial charge in [-0.1, -0.05) is 56.5 Å². The first-order valence-corrected chi connectivity index (χ1v) is 11.8. The molecular formula is C29H23F7O. The van der Waals surface area contributed by atoms with Gasteiger partial charge in [-0.15, -0.1) is 13.2 Å². The van der Waals surface area contributed by atoms with Crippen LogP contribution in [-0.4, -0.2) is 6.36 Å². The molecule has 0 saturated carbocycles. The van der Waals surface area contributed by atoms with Gasteiger partial charge in [0.25, 0.3) is 0 Å². The zero-order valence-electron chi connectivity index (χ0n) is 19.9. The fourth-order valence-corrected chi connectivity index (χ4v) is 4.32. The van der Waals surface area contributed by atoms with Gasteiger partial charge in [-0.05, 0) is 76.2 Å². The van der Waals surface area contributed by atoms with E-state index in [2.05, 4.69) is 17.7 Å². The second kappa shape index (κ2) is 10.8. The molecule has 4 rings (SSSR count). The van der Waals surface area contributed by atoms with Crippen molar-refractivity contribution in [3.8, 4) is 28.0 Å². The quantitative estimate of drug-likeness (QED) is 0.166. The molecule has 0 spiro atoms. The molecule has 0 aromatic heterocycles. The van der Waals surface area contributed by atoms with Crippen molar-refractivity contribution in [2.45, 2.75) is 45.4 Å². The molecule has 0 aliphatic rings. The second-order valence-corrected chi connectivity index (χ2v) is 8.84. The average molecular weight is 520 g/mol. The van der Waals surface area contributed by atoms with Crippen LogP contribution < -0.4 is 4.74 Å². The Kier molecular flexibility index (Phi) is 7.76. The fraction of sp³-hybridized carbons (Fsp3) is 0.241. The van der Waals surface area contributed by atoms with Crippen LogP contribution in [0.3, 0.4) is 0 Å². The summed E-state index contributed by atoms with van der Waals surface area (Å²) in [6, 6.07) is 14.2. The van der Waals surface area contributed by atoms with Crippen molar-refractivity contribution in [1.82, 2.24) is 0 Å². The van der Waals surface area contributed by atoms with E-state index in [9.17, 15) is 30.7 Å².